The molecular formula is C17H18N2OS. The Hall–Kier alpha value is -1.78. The van der Waals surface area contributed by atoms with Crippen LogP contribution in [0.3, 0.4) is 0 Å². The van der Waals surface area contributed by atoms with Gasteiger partial charge < -0.3 is 10.6 Å². The highest BCUT2D eigenvalue weighted by Gasteiger charge is 2.32. The Balaban J connectivity index is 1.80. The van der Waals surface area contributed by atoms with Crippen LogP contribution >= 0.6 is 11.8 Å². The van der Waals surface area contributed by atoms with Crippen LogP contribution in [0, 0.1) is 6.92 Å². The maximum Gasteiger partial charge on any atom is 0.248 e. The Morgan fingerprint density at radius 3 is 2.76 bits per heavy atom. The molecule has 4 heteroatoms. The number of benzene rings is 2. The van der Waals surface area contributed by atoms with Crippen molar-refractivity contribution in [1.82, 2.24) is 0 Å². The maximum absolute atomic E-state index is 11.9. The number of nitrogens with two attached hydrogens (primary N) is 1. The summed E-state index contributed by atoms with van der Waals surface area (Å²) < 4.78 is 0. The SMILES string of the molecule is Cc1ccccc1CSc1ccc2c(c1)N(C)C(=O)C2N. The molecule has 2 aromatic rings. The lowest BCUT2D eigenvalue weighted by Crippen LogP contribution is -2.27. The zero-order valence-corrected chi connectivity index (χ0v) is 13.0. The summed E-state index contributed by atoms with van der Waals surface area (Å²) in [4.78, 5) is 14.7. The number of amides is 1. The third-order valence-corrected chi connectivity index (χ3v) is 4.99. The molecule has 21 heavy (non-hydrogen) atoms. The molecule has 0 fully saturated rings. The average Bonchev–Trinajstić information content (AvgIpc) is 2.71. The standard InChI is InChI=1S/C17H18N2OS/c1-11-5-3-4-6-12(11)10-21-13-7-8-14-15(9-13)19(2)17(20)16(14)18/h3-9,16H,10,18H2,1-2H3. The summed E-state index contributed by atoms with van der Waals surface area (Å²) in [6.45, 7) is 2.13. The number of thioether (sulfide) groups is 1. The van der Waals surface area contributed by atoms with Crippen LogP contribution in [0.15, 0.2) is 47.4 Å². The van der Waals surface area contributed by atoms with Crippen LogP contribution in [-0.4, -0.2) is 13.0 Å². The minimum Gasteiger partial charge on any atom is -0.316 e. The molecule has 3 rings (SSSR count). The number of anilines is 1. The van der Waals surface area contributed by atoms with Gasteiger partial charge in [-0.2, -0.15) is 0 Å². The number of carbonyl (C=O) groups excluding carboxylic acids is 1. The van der Waals surface area contributed by atoms with Gasteiger partial charge in [0.05, 0.1) is 0 Å². The lowest BCUT2D eigenvalue weighted by atomic mass is 10.1. The lowest BCUT2D eigenvalue weighted by molar-refractivity contribution is -0.118. The van der Waals surface area contributed by atoms with E-state index in [1.54, 1.807) is 23.7 Å². The van der Waals surface area contributed by atoms with Crippen LogP contribution in [0.2, 0.25) is 0 Å². The molecule has 0 aromatic heterocycles. The zero-order chi connectivity index (χ0) is 15.0. The second-order valence-corrected chi connectivity index (χ2v) is 6.36. The third-order valence-electron chi connectivity index (χ3n) is 3.95. The van der Waals surface area contributed by atoms with Gasteiger partial charge in [0.1, 0.15) is 6.04 Å². The summed E-state index contributed by atoms with van der Waals surface area (Å²) in [6.07, 6.45) is 0. The van der Waals surface area contributed by atoms with Crippen molar-refractivity contribution in [2.75, 3.05) is 11.9 Å². The van der Waals surface area contributed by atoms with Gasteiger partial charge in [-0.3, -0.25) is 4.79 Å². The molecule has 0 aliphatic carbocycles. The van der Waals surface area contributed by atoms with Crippen molar-refractivity contribution in [1.29, 1.82) is 0 Å². The van der Waals surface area contributed by atoms with Crippen molar-refractivity contribution < 1.29 is 4.79 Å². The van der Waals surface area contributed by atoms with Gasteiger partial charge in [-0.1, -0.05) is 30.3 Å². The first-order chi connectivity index (χ1) is 10.1. The number of fused-ring (bicyclic) bond motifs is 1. The fraction of sp³-hybridized carbons (Fsp3) is 0.235. The van der Waals surface area contributed by atoms with Crippen LogP contribution in [0.5, 0.6) is 0 Å². The van der Waals surface area contributed by atoms with Crippen molar-refractivity contribution in [3.05, 3.63) is 59.2 Å². The van der Waals surface area contributed by atoms with Crippen molar-refractivity contribution in [2.24, 2.45) is 5.73 Å². The van der Waals surface area contributed by atoms with Gasteiger partial charge in [0, 0.05) is 28.9 Å². The zero-order valence-electron chi connectivity index (χ0n) is 12.2. The molecule has 0 radical (unpaired) electrons. The van der Waals surface area contributed by atoms with Gasteiger partial charge in [-0.15, -0.1) is 11.8 Å². The highest BCUT2D eigenvalue weighted by molar-refractivity contribution is 7.98. The number of nitrogens with zero attached hydrogens (tertiary/aromatic N) is 1. The number of rotatable bonds is 3. The summed E-state index contributed by atoms with van der Waals surface area (Å²) in [5, 5.41) is 0. The largest absolute Gasteiger partial charge is 0.316 e. The van der Waals surface area contributed by atoms with Crippen molar-refractivity contribution in [3.8, 4) is 0 Å². The summed E-state index contributed by atoms with van der Waals surface area (Å²) in [5.41, 5.74) is 10.4. The number of hydrogen-bond acceptors (Lipinski definition) is 3. The van der Waals surface area contributed by atoms with Crippen LogP contribution in [0.4, 0.5) is 5.69 Å². The molecule has 1 unspecified atom stereocenters. The van der Waals surface area contributed by atoms with E-state index in [9.17, 15) is 4.79 Å². The summed E-state index contributed by atoms with van der Waals surface area (Å²) in [7, 11) is 1.78. The van der Waals surface area contributed by atoms with Crippen molar-refractivity contribution >= 4 is 23.4 Å². The Morgan fingerprint density at radius 2 is 2.00 bits per heavy atom. The number of hydrogen-bond donors (Lipinski definition) is 1. The van der Waals surface area contributed by atoms with Gasteiger partial charge in [0.2, 0.25) is 5.91 Å². The summed E-state index contributed by atoms with van der Waals surface area (Å²) in [6, 6.07) is 14.0. The van der Waals surface area contributed by atoms with E-state index in [1.165, 1.54) is 11.1 Å². The number of carbonyl (C=O) groups is 1. The van der Waals surface area contributed by atoms with E-state index in [-0.39, 0.29) is 5.91 Å². The van der Waals surface area contributed by atoms with Crippen LogP contribution in [0.25, 0.3) is 0 Å². The molecule has 3 nitrogen and oxygen atoms in total. The van der Waals surface area contributed by atoms with Gasteiger partial charge in [0.15, 0.2) is 0 Å². The molecule has 1 atom stereocenters. The highest BCUT2D eigenvalue weighted by atomic mass is 32.2. The van der Waals surface area contributed by atoms with E-state index in [4.69, 9.17) is 5.73 Å². The molecule has 2 aromatic carbocycles. The fourth-order valence-electron chi connectivity index (χ4n) is 2.56. The van der Waals surface area contributed by atoms with E-state index in [1.807, 2.05) is 12.1 Å². The van der Waals surface area contributed by atoms with Crippen molar-refractivity contribution in [3.63, 3.8) is 0 Å². The first-order valence-electron chi connectivity index (χ1n) is 6.92. The Labute approximate surface area is 129 Å². The Kier molecular flexibility index (Phi) is 3.74. The smallest absolute Gasteiger partial charge is 0.248 e. The van der Waals surface area contributed by atoms with Crippen LogP contribution in [0.1, 0.15) is 22.7 Å². The molecule has 1 aliphatic heterocycles. The number of aryl methyl sites for hydroxylation is 1. The van der Waals surface area contributed by atoms with Crippen LogP contribution in [-0.2, 0) is 10.5 Å². The predicted octanol–water partition coefficient (Wildman–Crippen LogP) is 3.26. The minimum absolute atomic E-state index is 0.0361. The van der Waals surface area contributed by atoms with E-state index >= 15 is 0 Å². The topological polar surface area (TPSA) is 46.3 Å². The molecule has 1 heterocycles. The second kappa shape index (κ2) is 5.54. The molecule has 0 bridgehead atoms. The van der Waals surface area contributed by atoms with E-state index in [0.29, 0.717) is 0 Å². The van der Waals surface area contributed by atoms with Gasteiger partial charge in [0.25, 0.3) is 0 Å². The van der Waals surface area contributed by atoms with Gasteiger partial charge in [-0.25, -0.2) is 0 Å². The van der Waals surface area contributed by atoms with Crippen molar-refractivity contribution in [2.45, 2.75) is 23.6 Å². The summed E-state index contributed by atoms with van der Waals surface area (Å²) >= 11 is 1.78. The van der Waals surface area contributed by atoms with E-state index in [2.05, 4.69) is 37.3 Å². The second-order valence-electron chi connectivity index (χ2n) is 5.31. The monoisotopic (exact) mass is 298 g/mol. The first-order valence-corrected chi connectivity index (χ1v) is 7.91. The van der Waals surface area contributed by atoms with E-state index in [0.717, 1.165) is 21.9 Å². The maximum atomic E-state index is 11.9. The third kappa shape index (κ3) is 2.57. The van der Waals surface area contributed by atoms with Gasteiger partial charge >= 0.3 is 0 Å². The Morgan fingerprint density at radius 1 is 1.24 bits per heavy atom. The lowest BCUT2D eigenvalue weighted by Gasteiger charge is -2.11. The molecule has 2 N–H and O–H groups in total. The molecule has 108 valence electrons. The highest BCUT2D eigenvalue weighted by Crippen LogP contribution is 2.37. The molecule has 0 saturated heterocycles. The Bertz CT molecular complexity index is 699. The summed E-state index contributed by atoms with van der Waals surface area (Å²) in [5.74, 6) is 0.890. The van der Waals surface area contributed by atoms with Gasteiger partial charge in [-0.05, 0) is 30.2 Å². The average molecular weight is 298 g/mol. The molecule has 1 aliphatic rings. The van der Waals surface area contributed by atoms with E-state index < -0.39 is 6.04 Å². The van der Waals surface area contributed by atoms with Crippen LogP contribution < -0.4 is 10.6 Å². The molecular weight excluding hydrogens is 280 g/mol. The minimum atomic E-state index is -0.514. The molecule has 0 saturated carbocycles. The number of likely N-dealkylation sites (N-methyl/N-ethyl adjacent to an activating group) is 1. The molecule has 0 spiro atoms. The first kappa shape index (κ1) is 14.2. The predicted molar refractivity (Wildman–Crippen MR) is 87.5 cm³/mol. The normalized spacial score (nSPS) is 17.2. The molecule has 1 amide bonds. The fourth-order valence-corrected chi connectivity index (χ4v) is 3.57. The quantitative estimate of drug-likeness (QED) is 0.885.